The van der Waals surface area contributed by atoms with Crippen molar-refractivity contribution in [2.24, 2.45) is 0 Å². The number of carbonyl (C=O) groups excluding carboxylic acids is 2. The number of rotatable bonds is 7. The average molecular weight is 269 g/mol. The first-order valence-electron chi connectivity index (χ1n) is 7.44. The van der Waals surface area contributed by atoms with Crippen molar-refractivity contribution in [2.75, 3.05) is 13.1 Å². The fourth-order valence-electron chi connectivity index (χ4n) is 2.27. The summed E-state index contributed by atoms with van der Waals surface area (Å²) in [7, 11) is 0. The van der Waals surface area contributed by atoms with Gasteiger partial charge < -0.3 is 10.6 Å². The highest BCUT2D eigenvalue weighted by Crippen LogP contribution is 2.16. The molecule has 1 unspecified atom stereocenters. The van der Waals surface area contributed by atoms with Crippen LogP contribution in [0.2, 0.25) is 0 Å². The number of hydrogen-bond donors (Lipinski definition) is 3. The van der Waals surface area contributed by atoms with Crippen LogP contribution in [0.3, 0.4) is 0 Å². The number of nitrogens with one attached hydrogen (secondary N) is 3. The standard InChI is InChI=1S/C14H27N3O2/c1-3-9-15-14(19)11(2)16-10-13(18)17-12-7-5-4-6-8-12/h11-12,16H,3-10H2,1-2H3,(H,15,19)(H,17,18). The summed E-state index contributed by atoms with van der Waals surface area (Å²) < 4.78 is 0. The molecule has 5 nitrogen and oxygen atoms in total. The Morgan fingerprint density at radius 2 is 1.89 bits per heavy atom. The van der Waals surface area contributed by atoms with Crippen molar-refractivity contribution in [3.8, 4) is 0 Å². The Balaban J connectivity index is 2.16. The van der Waals surface area contributed by atoms with Gasteiger partial charge in [0.25, 0.3) is 0 Å². The molecule has 19 heavy (non-hydrogen) atoms. The maximum atomic E-state index is 11.7. The van der Waals surface area contributed by atoms with Gasteiger partial charge in [0.2, 0.25) is 11.8 Å². The van der Waals surface area contributed by atoms with Gasteiger partial charge in [0, 0.05) is 12.6 Å². The molecule has 0 spiro atoms. The van der Waals surface area contributed by atoms with Gasteiger partial charge in [0.05, 0.1) is 12.6 Å². The van der Waals surface area contributed by atoms with Crippen LogP contribution in [0, 0.1) is 0 Å². The summed E-state index contributed by atoms with van der Waals surface area (Å²) in [6.07, 6.45) is 6.76. The average Bonchev–Trinajstić information content (AvgIpc) is 2.43. The lowest BCUT2D eigenvalue weighted by atomic mass is 9.95. The van der Waals surface area contributed by atoms with E-state index in [0.717, 1.165) is 19.3 Å². The Morgan fingerprint density at radius 1 is 1.21 bits per heavy atom. The van der Waals surface area contributed by atoms with Gasteiger partial charge in [-0.2, -0.15) is 0 Å². The summed E-state index contributed by atoms with van der Waals surface area (Å²) >= 11 is 0. The molecule has 5 heteroatoms. The van der Waals surface area contributed by atoms with E-state index in [1.807, 2.05) is 6.92 Å². The van der Waals surface area contributed by atoms with Crippen molar-refractivity contribution in [3.63, 3.8) is 0 Å². The molecule has 3 N–H and O–H groups in total. The fraction of sp³-hybridized carbons (Fsp3) is 0.857. The molecule has 1 fully saturated rings. The van der Waals surface area contributed by atoms with Gasteiger partial charge in [-0.25, -0.2) is 0 Å². The maximum Gasteiger partial charge on any atom is 0.236 e. The van der Waals surface area contributed by atoms with Crippen LogP contribution in [-0.2, 0) is 9.59 Å². The summed E-state index contributed by atoms with van der Waals surface area (Å²) in [6, 6.07) is -0.00377. The van der Waals surface area contributed by atoms with Crippen LogP contribution in [0.1, 0.15) is 52.4 Å². The Bertz CT molecular complexity index is 288. The minimum atomic E-state index is -0.330. The van der Waals surface area contributed by atoms with Crippen LogP contribution in [0.4, 0.5) is 0 Å². The number of hydrogen-bond acceptors (Lipinski definition) is 3. The van der Waals surface area contributed by atoms with Gasteiger partial charge in [-0.05, 0) is 26.2 Å². The zero-order valence-electron chi connectivity index (χ0n) is 12.1. The highest BCUT2D eigenvalue weighted by atomic mass is 16.2. The lowest BCUT2D eigenvalue weighted by Gasteiger charge is -2.23. The molecule has 1 aliphatic rings. The van der Waals surface area contributed by atoms with E-state index in [-0.39, 0.29) is 24.4 Å². The summed E-state index contributed by atoms with van der Waals surface area (Å²) in [6.45, 7) is 4.67. The molecule has 0 heterocycles. The molecule has 0 aromatic rings. The second kappa shape index (κ2) is 8.91. The zero-order chi connectivity index (χ0) is 14.1. The van der Waals surface area contributed by atoms with Crippen molar-refractivity contribution in [1.29, 1.82) is 0 Å². The lowest BCUT2D eigenvalue weighted by Crippen LogP contribution is -2.47. The van der Waals surface area contributed by atoms with Crippen molar-refractivity contribution in [3.05, 3.63) is 0 Å². The Kier molecular flexibility index (Phi) is 7.48. The Morgan fingerprint density at radius 3 is 2.53 bits per heavy atom. The van der Waals surface area contributed by atoms with E-state index in [1.54, 1.807) is 6.92 Å². The van der Waals surface area contributed by atoms with Crippen LogP contribution in [0.15, 0.2) is 0 Å². The molecule has 0 radical (unpaired) electrons. The van der Waals surface area contributed by atoms with Gasteiger partial charge in [-0.3, -0.25) is 14.9 Å². The number of amides is 2. The van der Waals surface area contributed by atoms with Crippen LogP contribution in [-0.4, -0.2) is 37.0 Å². The monoisotopic (exact) mass is 269 g/mol. The molecule has 1 aliphatic carbocycles. The summed E-state index contributed by atoms with van der Waals surface area (Å²) in [5, 5.41) is 8.78. The first-order valence-corrected chi connectivity index (χ1v) is 7.44. The molecule has 0 aromatic heterocycles. The minimum Gasteiger partial charge on any atom is -0.355 e. The predicted octanol–water partition coefficient (Wildman–Crippen LogP) is 0.940. The third-order valence-corrected chi connectivity index (χ3v) is 3.48. The molecule has 0 aliphatic heterocycles. The largest absolute Gasteiger partial charge is 0.355 e. The van der Waals surface area contributed by atoms with E-state index in [4.69, 9.17) is 0 Å². The Labute approximate surface area is 115 Å². The second-order valence-corrected chi connectivity index (χ2v) is 5.30. The molecule has 0 saturated heterocycles. The second-order valence-electron chi connectivity index (χ2n) is 5.30. The minimum absolute atomic E-state index is 0.0120. The number of carbonyl (C=O) groups is 2. The molecule has 0 aromatic carbocycles. The van der Waals surface area contributed by atoms with Gasteiger partial charge in [-0.1, -0.05) is 26.2 Å². The van der Waals surface area contributed by atoms with Crippen LogP contribution < -0.4 is 16.0 Å². The summed E-state index contributed by atoms with van der Waals surface area (Å²) in [5.41, 5.74) is 0. The van der Waals surface area contributed by atoms with E-state index in [9.17, 15) is 9.59 Å². The SMILES string of the molecule is CCCNC(=O)C(C)NCC(=O)NC1CCCCC1. The molecule has 1 rings (SSSR count). The van der Waals surface area contributed by atoms with Crippen LogP contribution >= 0.6 is 0 Å². The molecule has 110 valence electrons. The molecular weight excluding hydrogens is 242 g/mol. The molecule has 2 amide bonds. The smallest absolute Gasteiger partial charge is 0.236 e. The topological polar surface area (TPSA) is 70.2 Å². The van der Waals surface area contributed by atoms with Crippen LogP contribution in [0.5, 0.6) is 0 Å². The third kappa shape index (κ3) is 6.57. The first kappa shape index (κ1) is 16.0. The zero-order valence-corrected chi connectivity index (χ0v) is 12.1. The van der Waals surface area contributed by atoms with E-state index < -0.39 is 0 Å². The summed E-state index contributed by atoms with van der Waals surface area (Å²) in [4.78, 5) is 23.3. The molecular formula is C14H27N3O2. The van der Waals surface area contributed by atoms with Crippen molar-refractivity contribution in [1.82, 2.24) is 16.0 Å². The van der Waals surface area contributed by atoms with E-state index in [0.29, 0.717) is 12.6 Å². The van der Waals surface area contributed by atoms with E-state index in [1.165, 1.54) is 19.3 Å². The summed E-state index contributed by atoms with van der Waals surface area (Å²) in [5.74, 6) is -0.0608. The predicted molar refractivity (Wildman–Crippen MR) is 75.8 cm³/mol. The van der Waals surface area contributed by atoms with Gasteiger partial charge in [-0.15, -0.1) is 0 Å². The van der Waals surface area contributed by atoms with E-state index in [2.05, 4.69) is 16.0 Å². The first-order chi connectivity index (χ1) is 9.13. The lowest BCUT2D eigenvalue weighted by molar-refractivity contribution is -0.123. The van der Waals surface area contributed by atoms with Gasteiger partial charge in [0.15, 0.2) is 0 Å². The van der Waals surface area contributed by atoms with E-state index >= 15 is 0 Å². The van der Waals surface area contributed by atoms with Gasteiger partial charge in [0.1, 0.15) is 0 Å². The Hall–Kier alpha value is -1.10. The third-order valence-electron chi connectivity index (χ3n) is 3.48. The van der Waals surface area contributed by atoms with Crippen LogP contribution in [0.25, 0.3) is 0 Å². The molecule has 1 atom stereocenters. The highest BCUT2D eigenvalue weighted by Gasteiger charge is 2.17. The molecule has 1 saturated carbocycles. The maximum absolute atomic E-state index is 11.7. The highest BCUT2D eigenvalue weighted by molar-refractivity contribution is 5.83. The quantitative estimate of drug-likeness (QED) is 0.644. The van der Waals surface area contributed by atoms with Crippen molar-refractivity contribution >= 4 is 11.8 Å². The molecule has 0 bridgehead atoms. The van der Waals surface area contributed by atoms with Crippen molar-refractivity contribution in [2.45, 2.75) is 64.5 Å². The fourth-order valence-corrected chi connectivity index (χ4v) is 2.27. The normalized spacial score (nSPS) is 17.8. The van der Waals surface area contributed by atoms with Gasteiger partial charge >= 0.3 is 0 Å². The van der Waals surface area contributed by atoms with Crippen molar-refractivity contribution < 1.29 is 9.59 Å².